The number of thiophene rings is 1. The van der Waals surface area contributed by atoms with Crippen LogP contribution in [0.25, 0.3) is 51.1 Å². The summed E-state index contributed by atoms with van der Waals surface area (Å²) >= 11 is 1.71. The number of H-pyrrole nitrogens is 2. The van der Waals surface area contributed by atoms with Crippen molar-refractivity contribution in [3.05, 3.63) is 94.5 Å². The number of allylic oxidation sites excluding steroid dienone is 2. The molecule has 0 spiro atoms. The lowest BCUT2D eigenvalue weighted by Crippen LogP contribution is -2.23. The van der Waals surface area contributed by atoms with Crippen molar-refractivity contribution >= 4 is 45.7 Å². The SMILES string of the molecule is C=C(CC1CCCCC1)Nc1cncc(C(=C)/C=c2/c(-c3cc4c(-c5ccsc5)cccc4[nH]3)n[nH]/c2=C/C)c1. The summed E-state index contributed by atoms with van der Waals surface area (Å²) < 4.78 is 0. The first-order valence-electron chi connectivity index (χ1n) is 14.1. The molecule has 5 nitrogen and oxygen atoms in total. The van der Waals surface area contributed by atoms with Gasteiger partial charge in [-0.2, -0.15) is 16.4 Å². The minimum absolute atomic E-state index is 0.738. The Morgan fingerprint density at radius 3 is 2.80 bits per heavy atom. The van der Waals surface area contributed by atoms with Gasteiger partial charge in [-0.15, -0.1) is 0 Å². The average molecular weight is 546 g/mol. The zero-order valence-corrected chi connectivity index (χ0v) is 23.8. The minimum atomic E-state index is 0.738. The summed E-state index contributed by atoms with van der Waals surface area (Å²) in [5, 5.41) is 18.8. The van der Waals surface area contributed by atoms with Crippen molar-refractivity contribution < 1.29 is 0 Å². The maximum atomic E-state index is 4.71. The lowest BCUT2D eigenvalue weighted by molar-refractivity contribution is 0.357. The topological polar surface area (TPSA) is 69.4 Å². The van der Waals surface area contributed by atoms with Gasteiger partial charge in [-0.1, -0.05) is 63.5 Å². The molecule has 1 aliphatic carbocycles. The predicted molar refractivity (Wildman–Crippen MR) is 170 cm³/mol. The zero-order valence-electron chi connectivity index (χ0n) is 23.0. The largest absolute Gasteiger partial charge is 0.358 e. The first-order chi connectivity index (χ1) is 19.6. The van der Waals surface area contributed by atoms with Crippen LogP contribution in [-0.2, 0) is 0 Å². The van der Waals surface area contributed by atoms with E-state index in [1.807, 2.05) is 25.4 Å². The highest BCUT2D eigenvalue weighted by Gasteiger charge is 2.15. The number of rotatable bonds is 8. The van der Waals surface area contributed by atoms with E-state index in [-0.39, 0.29) is 0 Å². The van der Waals surface area contributed by atoms with E-state index in [9.17, 15) is 0 Å². The quantitative estimate of drug-likeness (QED) is 0.186. The molecule has 40 heavy (non-hydrogen) atoms. The lowest BCUT2D eigenvalue weighted by Gasteiger charge is -2.22. The van der Waals surface area contributed by atoms with Crippen molar-refractivity contribution in [2.75, 3.05) is 5.32 Å². The van der Waals surface area contributed by atoms with Crippen LogP contribution in [0.3, 0.4) is 0 Å². The van der Waals surface area contributed by atoms with Gasteiger partial charge in [-0.3, -0.25) is 10.1 Å². The normalized spacial score (nSPS) is 15.1. The Labute approximate surface area is 239 Å². The third kappa shape index (κ3) is 5.45. The molecule has 1 fully saturated rings. The van der Waals surface area contributed by atoms with Crippen LogP contribution in [0.15, 0.2) is 78.4 Å². The Bertz CT molecular complexity index is 1780. The highest BCUT2D eigenvalue weighted by Crippen LogP contribution is 2.32. The first kappa shape index (κ1) is 26.1. The molecule has 0 amide bonds. The van der Waals surface area contributed by atoms with E-state index in [1.54, 1.807) is 11.3 Å². The molecule has 6 heteroatoms. The van der Waals surface area contributed by atoms with E-state index < -0.39 is 0 Å². The highest BCUT2D eigenvalue weighted by atomic mass is 32.1. The van der Waals surface area contributed by atoms with E-state index in [4.69, 9.17) is 5.10 Å². The van der Waals surface area contributed by atoms with E-state index >= 15 is 0 Å². The fourth-order valence-electron chi connectivity index (χ4n) is 5.82. The summed E-state index contributed by atoms with van der Waals surface area (Å²) in [6.07, 6.45) is 15.5. The van der Waals surface area contributed by atoms with Crippen molar-refractivity contribution in [1.29, 1.82) is 0 Å². The van der Waals surface area contributed by atoms with Gasteiger partial charge >= 0.3 is 0 Å². The number of pyridine rings is 1. The standard InChI is InChI=1S/C34H35N5S/c1-4-31-30(15-22(2)26-17-27(20-35-19-26)36-23(3)16-24-9-6-5-7-10-24)34(39-38-31)33-18-29-28(25-13-14-40-21-25)11-8-12-32(29)37-33/h4,8,11-15,17-21,24,36-38H,2-3,5-7,9-10,16H2,1H3/b30-15+,31-4+. The maximum Gasteiger partial charge on any atom is 0.116 e. The molecule has 0 saturated heterocycles. The number of aromatic nitrogens is 4. The van der Waals surface area contributed by atoms with Gasteiger partial charge < -0.3 is 10.3 Å². The second-order valence-corrected chi connectivity index (χ2v) is 11.5. The molecular weight excluding hydrogens is 510 g/mol. The summed E-state index contributed by atoms with van der Waals surface area (Å²) in [5.41, 5.74) is 9.20. The summed E-state index contributed by atoms with van der Waals surface area (Å²) in [7, 11) is 0. The van der Waals surface area contributed by atoms with Crippen molar-refractivity contribution in [3.63, 3.8) is 0 Å². The number of anilines is 1. The van der Waals surface area contributed by atoms with Gasteiger partial charge in [-0.25, -0.2) is 0 Å². The van der Waals surface area contributed by atoms with Crippen LogP contribution in [0.2, 0.25) is 0 Å². The molecule has 1 aromatic carbocycles. The monoisotopic (exact) mass is 545 g/mol. The summed E-state index contributed by atoms with van der Waals surface area (Å²) in [4.78, 5) is 8.09. The van der Waals surface area contributed by atoms with E-state index in [2.05, 4.69) is 86.8 Å². The van der Waals surface area contributed by atoms with Crippen molar-refractivity contribution in [2.24, 2.45) is 5.92 Å². The molecule has 0 unspecified atom stereocenters. The Morgan fingerprint density at radius 2 is 2.00 bits per heavy atom. The Kier molecular flexibility index (Phi) is 7.51. The van der Waals surface area contributed by atoms with Gasteiger partial charge in [0, 0.05) is 33.6 Å². The summed E-state index contributed by atoms with van der Waals surface area (Å²) in [6, 6.07) is 12.8. The number of hydrogen-bond acceptors (Lipinski definition) is 4. The number of nitrogens with zero attached hydrogens (tertiary/aromatic N) is 2. The first-order valence-corrected chi connectivity index (χ1v) is 15.0. The van der Waals surface area contributed by atoms with Crippen LogP contribution >= 0.6 is 11.3 Å². The molecule has 1 saturated carbocycles. The maximum absolute atomic E-state index is 4.71. The molecule has 5 aromatic rings. The van der Waals surface area contributed by atoms with Crippen LogP contribution in [-0.4, -0.2) is 20.2 Å². The molecule has 4 heterocycles. The number of aromatic amines is 2. The number of hydrogen-bond donors (Lipinski definition) is 3. The van der Waals surface area contributed by atoms with Gasteiger partial charge in [0.25, 0.3) is 0 Å². The van der Waals surface area contributed by atoms with E-state index in [1.165, 1.54) is 48.6 Å². The smallest absolute Gasteiger partial charge is 0.116 e. The molecule has 6 rings (SSSR count). The van der Waals surface area contributed by atoms with Gasteiger partial charge in [-0.05, 0) is 77.1 Å². The van der Waals surface area contributed by atoms with E-state index in [0.717, 1.165) is 62.3 Å². The molecule has 202 valence electrons. The number of nitrogens with one attached hydrogen (secondary N) is 3. The Morgan fingerprint density at radius 1 is 1.12 bits per heavy atom. The van der Waals surface area contributed by atoms with Crippen molar-refractivity contribution in [2.45, 2.75) is 45.4 Å². The fourth-order valence-corrected chi connectivity index (χ4v) is 6.48. The minimum Gasteiger partial charge on any atom is -0.358 e. The second kappa shape index (κ2) is 11.5. The highest BCUT2D eigenvalue weighted by molar-refractivity contribution is 7.08. The molecular formula is C34H35N5S. The Balaban J connectivity index is 1.30. The second-order valence-electron chi connectivity index (χ2n) is 10.7. The Hall–Kier alpha value is -4.16. The van der Waals surface area contributed by atoms with Gasteiger partial charge in [0.2, 0.25) is 0 Å². The lowest BCUT2D eigenvalue weighted by atomic mass is 9.86. The van der Waals surface area contributed by atoms with Crippen LogP contribution in [0, 0.1) is 5.92 Å². The van der Waals surface area contributed by atoms with Crippen molar-refractivity contribution in [3.8, 4) is 22.5 Å². The van der Waals surface area contributed by atoms with Crippen molar-refractivity contribution in [1.82, 2.24) is 20.2 Å². The van der Waals surface area contributed by atoms with Gasteiger partial charge in [0.05, 0.1) is 22.9 Å². The molecule has 0 aliphatic heterocycles. The van der Waals surface area contributed by atoms with Crippen LogP contribution in [0.4, 0.5) is 5.69 Å². The summed E-state index contributed by atoms with van der Waals surface area (Å²) in [6.45, 7) is 10.7. The van der Waals surface area contributed by atoms with Gasteiger partial charge in [0.15, 0.2) is 0 Å². The fraction of sp³-hybridized carbons (Fsp3) is 0.235. The molecule has 0 atom stereocenters. The molecule has 4 aromatic heterocycles. The average Bonchev–Trinajstić information content (AvgIpc) is 3.73. The molecule has 3 N–H and O–H groups in total. The third-order valence-corrected chi connectivity index (χ3v) is 8.57. The third-order valence-electron chi connectivity index (χ3n) is 7.88. The van der Waals surface area contributed by atoms with Gasteiger partial charge in [0.1, 0.15) is 5.69 Å². The molecule has 0 radical (unpaired) electrons. The molecule has 1 aliphatic rings. The van der Waals surface area contributed by atoms with Crippen LogP contribution < -0.4 is 15.9 Å². The van der Waals surface area contributed by atoms with E-state index in [0.29, 0.717) is 0 Å². The number of benzene rings is 1. The zero-order chi connectivity index (χ0) is 27.5. The number of fused-ring (bicyclic) bond motifs is 1. The summed E-state index contributed by atoms with van der Waals surface area (Å²) in [5.74, 6) is 0.738. The predicted octanol–water partition coefficient (Wildman–Crippen LogP) is 7.87. The van der Waals surface area contributed by atoms with Crippen LogP contribution in [0.5, 0.6) is 0 Å². The van der Waals surface area contributed by atoms with Crippen LogP contribution in [0.1, 0.15) is 51.0 Å². The molecule has 0 bridgehead atoms.